The summed E-state index contributed by atoms with van der Waals surface area (Å²) in [5.41, 5.74) is 1.36. The molecule has 0 aromatic heterocycles. The Bertz CT molecular complexity index is 554. The fraction of sp³-hybridized carbons (Fsp3) is 0.529. The van der Waals surface area contributed by atoms with Crippen LogP contribution in [0.1, 0.15) is 45.7 Å². The second-order valence-electron chi connectivity index (χ2n) is 7.03. The van der Waals surface area contributed by atoms with E-state index in [1.807, 2.05) is 52.8 Å². The third-order valence-electron chi connectivity index (χ3n) is 3.48. The number of benzene rings is 1. The van der Waals surface area contributed by atoms with Crippen molar-refractivity contribution in [2.24, 2.45) is 5.41 Å². The van der Waals surface area contributed by atoms with E-state index in [9.17, 15) is 9.59 Å². The molecule has 0 spiro atoms. The van der Waals surface area contributed by atoms with Gasteiger partial charge in [-0.15, -0.1) is 0 Å². The number of hydrogen-bond acceptors (Lipinski definition) is 2. The molecule has 0 atom stereocenters. The number of carbonyl (C=O) groups excluding carboxylic acids is 2. The fourth-order valence-electron chi connectivity index (χ4n) is 1.77. The second-order valence-corrected chi connectivity index (χ2v) is 7.03. The maximum atomic E-state index is 12.5. The van der Waals surface area contributed by atoms with Gasteiger partial charge in [0.1, 0.15) is 5.41 Å². The molecule has 0 fully saturated rings. The number of rotatable bonds is 3. The van der Waals surface area contributed by atoms with Gasteiger partial charge < -0.3 is 10.6 Å². The van der Waals surface area contributed by atoms with Gasteiger partial charge in [-0.05, 0) is 65.7 Å². The van der Waals surface area contributed by atoms with Gasteiger partial charge in [-0.2, -0.15) is 0 Å². The molecule has 1 rings (SSSR count). The van der Waals surface area contributed by atoms with Crippen LogP contribution in [-0.2, 0) is 9.59 Å². The molecule has 4 nitrogen and oxygen atoms in total. The molecule has 1 aromatic rings. The third kappa shape index (κ3) is 4.31. The Kier molecular flexibility index (Phi) is 4.82. The number of carbonyl (C=O) groups is 2. The quantitative estimate of drug-likeness (QED) is 0.840. The highest BCUT2D eigenvalue weighted by molar-refractivity contribution is 6.10. The summed E-state index contributed by atoms with van der Waals surface area (Å²) >= 11 is 0. The summed E-state index contributed by atoms with van der Waals surface area (Å²) in [4.78, 5) is 24.7. The highest BCUT2D eigenvalue weighted by Gasteiger charge is 2.37. The summed E-state index contributed by atoms with van der Waals surface area (Å²) < 4.78 is 0. The van der Waals surface area contributed by atoms with Crippen molar-refractivity contribution in [2.75, 3.05) is 5.32 Å². The Morgan fingerprint density at radius 3 is 2.05 bits per heavy atom. The minimum absolute atomic E-state index is 0.280. The number of anilines is 1. The zero-order valence-electron chi connectivity index (χ0n) is 14.0. The van der Waals surface area contributed by atoms with E-state index >= 15 is 0 Å². The molecule has 116 valence electrons. The van der Waals surface area contributed by atoms with Crippen molar-refractivity contribution < 1.29 is 9.59 Å². The van der Waals surface area contributed by atoms with Crippen molar-refractivity contribution in [1.29, 1.82) is 0 Å². The normalized spacial score (nSPS) is 12.0. The van der Waals surface area contributed by atoms with Gasteiger partial charge >= 0.3 is 0 Å². The SMILES string of the molecule is Cc1cccc(NC(=O)C(C)(C)C(=O)NC(C)(C)C)c1C. The van der Waals surface area contributed by atoms with Gasteiger partial charge in [0, 0.05) is 11.2 Å². The Balaban J connectivity index is 2.92. The maximum Gasteiger partial charge on any atom is 0.239 e. The van der Waals surface area contributed by atoms with Crippen LogP contribution in [0.25, 0.3) is 0 Å². The van der Waals surface area contributed by atoms with Crippen molar-refractivity contribution >= 4 is 17.5 Å². The fourth-order valence-corrected chi connectivity index (χ4v) is 1.77. The first kappa shape index (κ1) is 17.2. The summed E-state index contributed by atoms with van der Waals surface area (Å²) in [6.07, 6.45) is 0. The van der Waals surface area contributed by atoms with Gasteiger partial charge in [0.25, 0.3) is 0 Å². The van der Waals surface area contributed by atoms with E-state index in [4.69, 9.17) is 0 Å². The van der Waals surface area contributed by atoms with Crippen molar-refractivity contribution in [3.63, 3.8) is 0 Å². The van der Waals surface area contributed by atoms with E-state index in [1.165, 1.54) is 0 Å². The lowest BCUT2D eigenvalue weighted by Crippen LogP contribution is -2.51. The van der Waals surface area contributed by atoms with Crippen molar-refractivity contribution in [3.8, 4) is 0 Å². The van der Waals surface area contributed by atoms with Crippen LogP contribution in [0.3, 0.4) is 0 Å². The van der Waals surface area contributed by atoms with E-state index in [0.29, 0.717) is 0 Å². The van der Waals surface area contributed by atoms with Gasteiger partial charge in [0.2, 0.25) is 11.8 Å². The molecule has 0 unspecified atom stereocenters. The molecular weight excluding hydrogens is 264 g/mol. The van der Waals surface area contributed by atoms with E-state index in [2.05, 4.69) is 10.6 Å². The standard InChI is InChI=1S/C17H26N2O2/c1-11-9-8-10-13(12(11)2)18-14(20)17(6,7)15(21)19-16(3,4)5/h8-10H,1-7H3,(H,18,20)(H,19,21). The molecule has 0 aliphatic rings. The zero-order valence-corrected chi connectivity index (χ0v) is 14.0. The van der Waals surface area contributed by atoms with E-state index < -0.39 is 5.41 Å². The van der Waals surface area contributed by atoms with Crippen LogP contribution in [0.2, 0.25) is 0 Å². The first-order chi connectivity index (χ1) is 9.45. The Morgan fingerprint density at radius 1 is 0.952 bits per heavy atom. The second kappa shape index (κ2) is 5.88. The van der Waals surface area contributed by atoms with Crippen molar-refractivity contribution in [2.45, 2.75) is 54.0 Å². The maximum absolute atomic E-state index is 12.5. The molecule has 0 radical (unpaired) electrons. The summed E-state index contributed by atoms with van der Waals surface area (Å²) in [6, 6.07) is 5.72. The monoisotopic (exact) mass is 290 g/mol. The number of hydrogen-bond donors (Lipinski definition) is 2. The summed E-state index contributed by atoms with van der Waals surface area (Å²) in [6.45, 7) is 12.9. The van der Waals surface area contributed by atoms with Gasteiger partial charge in [0.15, 0.2) is 0 Å². The summed E-state index contributed by atoms with van der Waals surface area (Å²) in [5, 5.41) is 5.71. The lowest BCUT2D eigenvalue weighted by molar-refractivity contribution is -0.139. The highest BCUT2D eigenvalue weighted by Crippen LogP contribution is 2.23. The van der Waals surface area contributed by atoms with Crippen LogP contribution in [0, 0.1) is 19.3 Å². The first-order valence-electron chi connectivity index (χ1n) is 7.15. The van der Waals surface area contributed by atoms with E-state index in [1.54, 1.807) is 13.8 Å². The van der Waals surface area contributed by atoms with E-state index in [-0.39, 0.29) is 17.4 Å². The minimum atomic E-state index is -1.14. The molecule has 0 bridgehead atoms. The number of amides is 2. The molecule has 0 saturated heterocycles. The predicted octanol–water partition coefficient (Wildman–Crippen LogP) is 3.18. The van der Waals surface area contributed by atoms with Crippen LogP contribution < -0.4 is 10.6 Å². The van der Waals surface area contributed by atoms with Crippen LogP contribution in [-0.4, -0.2) is 17.4 Å². The Morgan fingerprint density at radius 2 is 1.52 bits per heavy atom. The number of aryl methyl sites for hydroxylation is 1. The molecule has 2 N–H and O–H groups in total. The highest BCUT2D eigenvalue weighted by atomic mass is 16.2. The van der Waals surface area contributed by atoms with Crippen molar-refractivity contribution in [3.05, 3.63) is 29.3 Å². The Hall–Kier alpha value is -1.84. The zero-order chi connectivity index (χ0) is 16.4. The van der Waals surface area contributed by atoms with Gasteiger partial charge in [-0.1, -0.05) is 12.1 Å². The molecule has 0 heterocycles. The molecule has 21 heavy (non-hydrogen) atoms. The van der Waals surface area contributed by atoms with Crippen LogP contribution in [0.5, 0.6) is 0 Å². The van der Waals surface area contributed by atoms with E-state index in [0.717, 1.165) is 16.8 Å². The molecule has 0 saturated carbocycles. The van der Waals surface area contributed by atoms with Crippen LogP contribution >= 0.6 is 0 Å². The summed E-state index contributed by atoms with van der Waals surface area (Å²) in [5.74, 6) is -0.587. The first-order valence-corrected chi connectivity index (χ1v) is 7.15. The van der Waals surface area contributed by atoms with Crippen molar-refractivity contribution in [1.82, 2.24) is 5.32 Å². The van der Waals surface area contributed by atoms with Gasteiger partial charge in [-0.3, -0.25) is 9.59 Å². The van der Waals surface area contributed by atoms with Crippen LogP contribution in [0.15, 0.2) is 18.2 Å². The molecule has 0 aliphatic carbocycles. The largest absolute Gasteiger partial charge is 0.351 e. The molecular formula is C17H26N2O2. The third-order valence-corrected chi connectivity index (χ3v) is 3.48. The summed E-state index contributed by atoms with van der Waals surface area (Å²) in [7, 11) is 0. The average molecular weight is 290 g/mol. The smallest absolute Gasteiger partial charge is 0.239 e. The molecule has 0 aliphatic heterocycles. The predicted molar refractivity (Wildman–Crippen MR) is 86.2 cm³/mol. The lowest BCUT2D eigenvalue weighted by atomic mass is 9.89. The average Bonchev–Trinajstić information content (AvgIpc) is 2.32. The molecule has 4 heteroatoms. The molecule has 1 aromatic carbocycles. The Labute approximate surface area is 127 Å². The van der Waals surface area contributed by atoms with Gasteiger partial charge in [0.05, 0.1) is 0 Å². The van der Waals surface area contributed by atoms with Crippen LogP contribution in [0.4, 0.5) is 5.69 Å². The van der Waals surface area contributed by atoms with Gasteiger partial charge in [-0.25, -0.2) is 0 Å². The topological polar surface area (TPSA) is 58.2 Å². The molecule has 2 amide bonds. The lowest BCUT2D eigenvalue weighted by Gasteiger charge is -2.28. The minimum Gasteiger partial charge on any atom is -0.351 e. The number of nitrogens with one attached hydrogen (secondary N) is 2.